The SMILES string of the molecule is CCC(C)N(CCOC)C1CCC(C#N)(NC2CC2)C1. The van der Waals surface area contributed by atoms with Crippen LogP contribution in [0.15, 0.2) is 0 Å². The summed E-state index contributed by atoms with van der Waals surface area (Å²) in [5.41, 5.74) is -0.273. The Bertz CT molecular complexity index is 350. The molecular formula is C16H29N3O. The highest BCUT2D eigenvalue weighted by atomic mass is 16.5. The molecule has 0 aliphatic heterocycles. The van der Waals surface area contributed by atoms with Crippen LogP contribution in [0.2, 0.25) is 0 Å². The predicted molar refractivity (Wildman–Crippen MR) is 80.5 cm³/mol. The molecule has 3 atom stereocenters. The Morgan fingerprint density at radius 3 is 2.75 bits per heavy atom. The highest BCUT2D eigenvalue weighted by molar-refractivity contribution is 5.15. The van der Waals surface area contributed by atoms with Gasteiger partial charge in [0.2, 0.25) is 0 Å². The van der Waals surface area contributed by atoms with Gasteiger partial charge in [0.15, 0.2) is 0 Å². The van der Waals surface area contributed by atoms with Gasteiger partial charge in [-0.3, -0.25) is 10.2 Å². The second-order valence-corrected chi connectivity index (χ2v) is 6.50. The molecule has 1 N–H and O–H groups in total. The van der Waals surface area contributed by atoms with Crippen LogP contribution in [-0.4, -0.2) is 48.8 Å². The molecular weight excluding hydrogens is 250 g/mol. The van der Waals surface area contributed by atoms with Crippen LogP contribution in [0.1, 0.15) is 52.4 Å². The molecule has 0 saturated heterocycles. The minimum absolute atomic E-state index is 0.273. The largest absolute Gasteiger partial charge is 0.383 e. The average molecular weight is 279 g/mol. The third kappa shape index (κ3) is 3.72. The predicted octanol–water partition coefficient (Wildman–Crippen LogP) is 2.30. The summed E-state index contributed by atoms with van der Waals surface area (Å²) in [7, 11) is 1.76. The molecule has 3 unspecified atom stereocenters. The number of methoxy groups -OCH3 is 1. The van der Waals surface area contributed by atoms with E-state index in [0.29, 0.717) is 18.1 Å². The Kier molecular flexibility index (Phi) is 5.42. The van der Waals surface area contributed by atoms with Crippen LogP contribution in [0.3, 0.4) is 0 Å². The zero-order valence-corrected chi connectivity index (χ0v) is 13.2. The quantitative estimate of drug-likeness (QED) is 0.740. The lowest BCUT2D eigenvalue weighted by molar-refractivity contribution is 0.0875. The van der Waals surface area contributed by atoms with Crippen molar-refractivity contribution in [2.24, 2.45) is 0 Å². The Labute approximate surface area is 123 Å². The first kappa shape index (κ1) is 15.8. The third-order valence-electron chi connectivity index (χ3n) is 4.94. The lowest BCUT2D eigenvalue weighted by Crippen LogP contribution is -2.47. The Balaban J connectivity index is 1.98. The summed E-state index contributed by atoms with van der Waals surface area (Å²) in [6.45, 7) is 6.27. The van der Waals surface area contributed by atoms with E-state index in [0.717, 1.165) is 38.8 Å². The summed E-state index contributed by atoms with van der Waals surface area (Å²) >= 11 is 0. The number of hydrogen-bond acceptors (Lipinski definition) is 4. The number of nitriles is 1. The minimum Gasteiger partial charge on any atom is -0.383 e. The van der Waals surface area contributed by atoms with Crippen molar-refractivity contribution in [1.82, 2.24) is 10.2 Å². The highest BCUT2D eigenvalue weighted by Crippen LogP contribution is 2.36. The second-order valence-electron chi connectivity index (χ2n) is 6.50. The van der Waals surface area contributed by atoms with E-state index >= 15 is 0 Å². The van der Waals surface area contributed by atoms with Gasteiger partial charge >= 0.3 is 0 Å². The summed E-state index contributed by atoms with van der Waals surface area (Å²) < 4.78 is 5.26. The standard InChI is InChI=1S/C16H29N3O/c1-4-13(2)19(9-10-20-3)15-7-8-16(11-15,12-17)18-14-5-6-14/h13-15,18H,4-11H2,1-3H3. The number of rotatable bonds is 8. The van der Waals surface area contributed by atoms with Gasteiger partial charge in [0.25, 0.3) is 0 Å². The summed E-state index contributed by atoms with van der Waals surface area (Å²) in [5.74, 6) is 0. The van der Waals surface area contributed by atoms with E-state index in [9.17, 15) is 5.26 Å². The van der Waals surface area contributed by atoms with E-state index in [2.05, 4.69) is 30.1 Å². The molecule has 2 aliphatic carbocycles. The van der Waals surface area contributed by atoms with Crippen molar-refractivity contribution in [2.75, 3.05) is 20.3 Å². The lowest BCUT2D eigenvalue weighted by atomic mass is 9.98. The van der Waals surface area contributed by atoms with Crippen molar-refractivity contribution in [2.45, 2.75) is 76.0 Å². The zero-order chi connectivity index (χ0) is 14.6. The molecule has 0 aromatic rings. The molecule has 0 spiro atoms. The van der Waals surface area contributed by atoms with Crippen molar-refractivity contribution in [3.05, 3.63) is 0 Å². The molecule has 0 bridgehead atoms. The van der Waals surface area contributed by atoms with E-state index in [1.807, 2.05) is 0 Å². The van der Waals surface area contributed by atoms with Gasteiger partial charge in [-0.25, -0.2) is 0 Å². The van der Waals surface area contributed by atoms with E-state index < -0.39 is 0 Å². The number of ether oxygens (including phenoxy) is 1. The molecule has 0 radical (unpaired) electrons. The van der Waals surface area contributed by atoms with Gasteiger partial charge in [0, 0.05) is 31.8 Å². The molecule has 0 aromatic heterocycles. The fourth-order valence-corrected chi connectivity index (χ4v) is 3.38. The second kappa shape index (κ2) is 6.89. The van der Waals surface area contributed by atoms with Gasteiger partial charge in [-0.05, 0) is 45.4 Å². The first-order valence-corrected chi connectivity index (χ1v) is 8.07. The molecule has 20 heavy (non-hydrogen) atoms. The maximum atomic E-state index is 9.61. The molecule has 4 heteroatoms. The van der Waals surface area contributed by atoms with Crippen LogP contribution in [0.4, 0.5) is 0 Å². The third-order valence-corrected chi connectivity index (χ3v) is 4.94. The van der Waals surface area contributed by atoms with Crippen molar-refractivity contribution in [1.29, 1.82) is 5.26 Å². The molecule has 0 heterocycles. The number of nitrogens with zero attached hydrogens (tertiary/aromatic N) is 2. The van der Waals surface area contributed by atoms with Crippen molar-refractivity contribution in [3.8, 4) is 6.07 Å². The van der Waals surface area contributed by atoms with Crippen molar-refractivity contribution < 1.29 is 4.74 Å². The van der Waals surface area contributed by atoms with E-state index in [1.165, 1.54) is 12.8 Å². The first-order valence-electron chi connectivity index (χ1n) is 8.07. The smallest absolute Gasteiger partial charge is 0.108 e. The van der Waals surface area contributed by atoms with E-state index in [-0.39, 0.29) is 5.54 Å². The molecule has 0 aromatic carbocycles. The van der Waals surface area contributed by atoms with E-state index in [1.54, 1.807) is 7.11 Å². The molecule has 2 aliphatic rings. The molecule has 2 saturated carbocycles. The van der Waals surface area contributed by atoms with Gasteiger partial charge < -0.3 is 4.74 Å². The molecule has 0 amide bonds. The Morgan fingerprint density at radius 2 is 2.20 bits per heavy atom. The average Bonchev–Trinajstić information content (AvgIpc) is 3.17. The van der Waals surface area contributed by atoms with Gasteiger partial charge in [0.05, 0.1) is 12.7 Å². The number of nitrogens with one attached hydrogen (secondary N) is 1. The van der Waals surface area contributed by atoms with Crippen molar-refractivity contribution in [3.63, 3.8) is 0 Å². The van der Waals surface area contributed by atoms with E-state index in [4.69, 9.17) is 4.74 Å². The maximum absolute atomic E-state index is 9.61. The molecule has 2 fully saturated rings. The maximum Gasteiger partial charge on any atom is 0.108 e. The summed E-state index contributed by atoms with van der Waals surface area (Å²) in [6.07, 6.45) is 6.72. The van der Waals surface area contributed by atoms with Gasteiger partial charge in [-0.15, -0.1) is 0 Å². The van der Waals surface area contributed by atoms with Crippen LogP contribution in [0.25, 0.3) is 0 Å². The summed E-state index contributed by atoms with van der Waals surface area (Å²) in [5, 5.41) is 13.2. The molecule has 4 nitrogen and oxygen atoms in total. The zero-order valence-electron chi connectivity index (χ0n) is 13.2. The van der Waals surface area contributed by atoms with Gasteiger partial charge in [-0.2, -0.15) is 5.26 Å². The minimum atomic E-state index is -0.273. The fourth-order valence-electron chi connectivity index (χ4n) is 3.38. The monoisotopic (exact) mass is 279 g/mol. The van der Waals surface area contributed by atoms with Crippen LogP contribution in [-0.2, 0) is 4.74 Å². The first-order chi connectivity index (χ1) is 9.64. The Hall–Kier alpha value is -0.630. The van der Waals surface area contributed by atoms with Crippen LogP contribution in [0, 0.1) is 11.3 Å². The van der Waals surface area contributed by atoms with Crippen LogP contribution in [0.5, 0.6) is 0 Å². The number of hydrogen-bond donors (Lipinski definition) is 1. The van der Waals surface area contributed by atoms with Crippen LogP contribution < -0.4 is 5.32 Å². The fraction of sp³-hybridized carbons (Fsp3) is 0.938. The molecule has 2 rings (SSSR count). The van der Waals surface area contributed by atoms with Crippen molar-refractivity contribution >= 4 is 0 Å². The highest BCUT2D eigenvalue weighted by Gasteiger charge is 2.44. The summed E-state index contributed by atoms with van der Waals surface area (Å²) in [6, 6.07) is 4.26. The normalized spacial score (nSPS) is 31.4. The topological polar surface area (TPSA) is 48.3 Å². The summed E-state index contributed by atoms with van der Waals surface area (Å²) in [4.78, 5) is 2.55. The van der Waals surface area contributed by atoms with Crippen LogP contribution >= 0.6 is 0 Å². The van der Waals surface area contributed by atoms with Gasteiger partial charge in [-0.1, -0.05) is 6.92 Å². The Morgan fingerprint density at radius 1 is 1.45 bits per heavy atom. The molecule has 114 valence electrons. The van der Waals surface area contributed by atoms with Gasteiger partial charge in [0.1, 0.15) is 5.54 Å². The lowest BCUT2D eigenvalue weighted by Gasteiger charge is -2.34.